The Balaban J connectivity index is 1.33. The number of anilines is 3. The van der Waals surface area contributed by atoms with Gasteiger partial charge in [-0.3, -0.25) is 0 Å². The van der Waals surface area contributed by atoms with Crippen molar-refractivity contribution in [3.05, 3.63) is 169 Å². The molecule has 10 rings (SSSR count). The van der Waals surface area contributed by atoms with Crippen LogP contribution in [-0.4, -0.2) is 27.5 Å². The number of aromatic nitrogens is 2. The molecule has 0 radical (unpaired) electrons. The van der Waals surface area contributed by atoms with Gasteiger partial charge in [-0.2, -0.15) is 0 Å². The van der Waals surface area contributed by atoms with Gasteiger partial charge in [-0.25, -0.2) is 0 Å². The molecule has 1 aliphatic rings. The largest absolute Gasteiger partial charge is 0.499 e. The predicted molar refractivity (Wildman–Crippen MR) is 263 cm³/mol. The van der Waals surface area contributed by atoms with E-state index >= 15 is 0 Å². The van der Waals surface area contributed by atoms with Crippen LogP contribution >= 0.6 is 0 Å². The second-order valence-corrected chi connectivity index (χ2v) is 20.1. The Bertz CT molecular complexity index is 3070. The average molecular weight is 814 g/mol. The zero-order valence-electron chi connectivity index (χ0n) is 37.7. The Morgan fingerprint density at radius 3 is 1.55 bits per heavy atom. The third-order valence-electron chi connectivity index (χ3n) is 13.5. The van der Waals surface area contributed by atoms with E-state index in [1.165, 1.54) is 38.2 Å². The van der Waals surface area contributed by atoms with Gasteiger partial charge < -0.3 is 23.3 Å². The summed E-state index contributed by atoms with van der Waals surface area (Å²) in [7, 11) is -0.683. The van der Waals surface area contributed by atoms with E-state index in [0.717, 1.165) is 50.4 Å². The molecular weight excluding hydrogens is 757 g/mol. The van der Waals surface area contributed by atoms with Crippen molar-refractivity contribution >= 4 is 73.3 Å². The molecule has 9 aromatic rings. The molecule has 0 saturated carbocycles. The number of para-hydroxylation sites is 3. The summed E-state index contributed by atoms with van der Waals surface area (Å²) in [4.78, 5) is 2.40. The van der Waals surface area contributed by atoms with Crippen LogP contribution in [0.1, 0.15) is 80.4 Å². The third kappa shape index (κ3) is 6.38. The average Bonchev–Trinajstić information content (AvgIpc) is 3.84. The SMILES string of the molecule is CC(C)(C)c1ccc(N(c2ccc(C(C)(C)C)cc2)c2cccc(-n3c4ccccc4c4ccc5c(c6ccccc6n5-c5ccccc5)c43)c2B2OC(C)(C)C(C)(C)O2)cc1. The van der Waals surface area contributed by atoms with Gasteiger partial charge in [0.15, 0.2) is 0 Å². The van der Waals surface area contributed by atoms with Crippen LogP contribution in [0.15, 0.2) is 158 Å². The quantitative estimate of drug-likeness (QED) is 0.157. The maximum absolute atomic E-state index is 7.16. The molecule has 0 N–H and O–H groups in total. The molecule has 0 spiro atoms. The lowest BCUT2D eigenvalue weighted by molar-refractivity contribution is 0.00578. The Morgan fingerprint density at radius 1 is 0.468 bits per heavy atom. The van der Waals surface area contributed by atoms with E-state index in [2.05, 4.69) is 241 Å². The van der Waals surface area contributed by atoms with Gasteiger partial charge in [0.1, 0.15) is 0 Å². The van der Waals surface area contributed by atoms with Crippen molar-refractivity contribution in [3.63, 3.8) is 0 Å². The molecule has 310 valence electrons. The minimum atomic E-state index is -0.683. The van der Waals surface area contributed by atoms with Crippen LogP contribution in [0.3, 0.4) is 0 Å². The van der Waals surface area contributed by atoms with E-state index in [0.29, 0.717) is 0 Å². The Hall–Kier alpha value is -6.08. The number of hydrogen-bond donors (Lipinski definition) is 0. The first-order chi connectivity index (χ1) is 29.5. The van der Waals surface area contributed by atoms with Crippen molar-refractivity contribution in [2.45, 2.75) is 91.3 Å². The summed E-state index contributed by atoms with van der Waals surface area (Å²) in [5, 5.41) is 4.80. The maximum atomic E-state index is 7.16. The van der Waals surface area contributed by atoms with Crippen molar-refractivity contribution in [1.82, 2.24) is 9.13 Å². The molecule has 0 bridgehead atoms. The maximum Gasteiger partial charge on any atom is 0.499 e. The smallest absolute Gasteiger partial charge is 0.399 e. The van der Waals surface area contributed by atoms with E-state index in [9.17, 15) is 0 Å². The first-order valence-corrected chi connectivity index (χ1v) is 22.0. The second-order valence-electron chi connectivity index (χ2n) is 20.1. The molecule has 0 aliphatic carbocycles. The van der Waals surface area contributed by atoms with E-state index < -0.39 is 18.3 Å². The molecule has 5 nitrogen and oxygen atoms in total. The van der Waals surface area contributed by atoms with Crippen molar-refractivity contribution in [2.75, 3.05) is 4.90 Å². The number of rotatable bonds is 6. The number of fused-ring (bicyclic) bond motifs is 7. The van der Waals surface area contributed by atoms with Gasteiger partial charge in [-0.05, 0) is 116 Å². The summed E-state index contributed by atoms with van der Waals surface area (Å²) >= 11 is 0. The van der Waals surface area contributed by atoms with Crippen molar-refractivity contribution < 1.29 is 9.31 Å². The zero-order chi connectivity index (χ0) is 43.3. The highest BCUT2D eigenvalue weighted by molar-refractivity contribution is 6.65. The standard InChI is InChI=1S/C56H56BN3O2/c1-53(2,3)37-27-31-40(32-28-37)58(41-33-29-38(30-34-41)54(4,5)6)48-25-18-26-49(51(48)57-61-55(7,8)56(9,10)62-57)60-45-23-16-14-21-42(45)43-35-36-47-50(52(43)60)44-22-15-17-24-46(44)59(47)39-19-12-11-13-20-39/h11-36H,1-10H3. The fraction of sp³-hybridized carbons (Fsp3) is 0.250. The van der Waals surface area contributed by atoms with Crippen LogP contribution in [0.5, 0.6) is 0 Å². The van der Waals surface area contributed by atoms with Crippen LogP contribution < -0.4 is 10.4 Å². The summed E-state index contributed by atoms with van der Waals surface area (Å²) in [5.74, 6) is 0. The molecule has 1 saturated heterocycles. The Kier molecular flexibility index (Phi) is 9.19. The minimum Gasteiger partial charge on any atom is -0.399 e. The lowest BCUT2D eigenvalue weighted by atomic mass is 9.75. The molecule has 1 aliphatic heterocycles. The molecule has 2 aromatic heterocycles. The predicted octanol–water partition coefficient (Wildman–Crippen LogP) is 14.2. The van der Waals surface area contributed by atoms with Gasteiger partial charge in [0.05, 0.1) is 33.3 Å². The summed E-state index contributed by atoms with van der Waals surface area (Å²) < 4.78 is 19.2. The van der Waals surface area contributed by atoms with Crippen molar-refractivity contribution in [2.24, 2.45) is 0 Å². The molecule has 0 unspecified atom stereocenters. The fourth-order valence-corrected chi connectivity index (χ4v) is 9.40. The Morgan fingerprint density at radius 2 is 0.984 bits per heavy atom. The second kappa shape index (κ2) is 14.2. The molecule has 6 heteroatoms. The molecule has 7 aromatic carbocycles. The van der Waals surface area contributed by atoms with E-state index in [-0.39, 0.29) is 10.8 Å². The lowest BCUT2D eigenvalue weighted by Crippen LogP contribution is -2.41. The van der Waals surface area contributed by atoms with Gasteiger partial charge in [0.2, 0.25) is 0 Å². The topological polar surface area (TPSA) is 31.6 Å². The summed E-state index contributed by atoms with van der Waals surface area (Å²) in [6.45, 7) is 22.2. The summed E-state index contributed by atoms with van der Waals surface area (Å²) in [5.41, 5.74) is 12.3. The number of benzene rings is 7. The van der Waals surface area contributed by atoms with Crippen LogP contribution in [-0.2, 0) is 20.1 Å². The van der Waals surface area contributed by atoms with Crippen molar-refractivity contribution in [1.29, 1.82) is 0 Å². The summed E-state index contributed by atoms with van der Waals surface area (Å²) in [6.07, 6.45) is 0. The molecule has 1 fully saturated rings. The van der Waals surface area contributed by atoms with Crippen LogP contribution in [0.4, 0.5) is 17.1 Å². The molecular formula is C56H56BN3O2. The first-order valence-electron chi connectivity index (χ1n) is 22.0. The van der Waals surface area contributed by atoms with Crippen LogP contribution in [0, 0.1) is 0 Å². The van der Waals surface area contributed by atoms with Crippen LogP contribution in [0.25, 0.3) is 55.0 Å². The van der Waals surface area contributed by atoms with Gasteiger partial charge in [0, 0.05) is 55.4 Å². The van der Waals surface area contributed by atoms with Gasteiger partial charge in [0.25, 0.3) is 0 Å². The van der Waals surface area contributed by atoms with E-state index in [1.807, 2.05) is 0 Å². The van der Waals surface area contributed by atoms with Gasteiger partial charge in [-0.1, -0.05) is 133 Å². The van der Waals surface area contributed by atoms with Crippen LogP contribution in [0.2, 0.25) is 0 Å². The third-order valence-corrected chi connectivity index (χ3v) is 13.5. The molecule has 3 heterocycles. The molecule has 0 atom stereocenters. The summed E-state index contributed by atoms with van der Waals surface area (Å²) in [6, 6.07) is 57.8. The lowest BCUT2D eigenvalue weighted by Gasteiger charge is -2.32. The highest BCUT2D eigenvalue weighted by Crippen LogP contribution is 2.45. The van der Waals surface area contributed by atoms with Crippen molar-refractivity contribution in [3.8, 4) is 11.4 Å². The minimum absolute atomic E-state index is 0.0109. The number of hydrogen-bond acceptors (Lipinski definition) is 3. The van der Waals surface area contributed by atoms with E-state index in [4.69, 9.17) is 9.31 Å². The van der Waals surface area contributed by atoms with Gasteiger partial charge >= 0.3 is 7.12 Å². The molecule has 0 amide bonds. The molecule has 62 heavy (non-hydrogen) atoms. The highest BCUT2D eigenvalue weighted by Gasteiger charge is 2.53. The first kappa shape index (κ1) is 40.0. The normalized spacial score (nSPS) is 15.4. The van der Waals surface area contributed by atoms with Gasteiger partial charge in [-0.15, -0.1) is 0 Å². The monoisotopic (exact) mass is 813 g/mol. The Labute approximate surface area is 366 Å². The van der Waals surface area contributed by atoms with E-state index in [1.54, 1.807) is 0 Å². The number of nitrogens with zero attached hydrogens (tertiary/aromatic N) is 3. The zero-order valence-corrected chi connectivity index (χ0v) is 37.7. The highest BCUT2D eigenvalue weighted by atomic mass is 16.7. The fourth-order valence-electron chi connectivity index (χ4n) is 9.40.